The molecule has 7 heteroatoms. The van der Waals surface area contributed by atoms with Crippen LogP contribution in [0.3, 0.4) is 0 Å². The maximum absolute atomic E-state index is 12.6. The molecule has 2 aromatic rings. The molecule has 0 aliphatic carbocycles. The summed E-state index contributed by atoms with van der Waals surface area (Å²) >= 11 is 1.52. The average Bonchev–Trinajstić information content (AvgIpc) is 3.28. The summed E-state index contributed by atoms with van der Waals surface area (Å²) in [7, 11) is 1.74. The normalized spacial score (nSPS) is 25.2. The molecule has 0 saturated carbocycles. The van der Waals surface area contributed by atoms with Gasteiger partial charge in [0.25, 0.3) is 5.91 Å². The highest BCUT2D eigenvalue weighted by Crippen LogP contribution is 2.33. The number of aromatic nitrogens is 1. The van der Waals surface area contributed by atoms with E-state index < -0.39 is 0 Å². The van der Waals surface area contributed by atoms with Crippen molar-refractivity contribution >= 4 is 38.9 Å². The van der Waals surface area contributed by atoms with E-state index in [-0.39, 0.29) is 17.9 Å². The Morgan fingerprint density at radius 2 is 2.25 bits per heavy atom. The summed E-state index contributed by atoms with van der Waals surface area (Å²) in [5, 5.41) is 9.45. The molecule has 2 bridgehead atoms. The standard InChI is InChI=1S/C17H20N4O2S/c1-9(22)21(2)15-8-24-16-7-18-14(6-11(15)16)17(23)20-13-5-10-3-4-12(13)19-10/h6-8,10,12-13,19H,3-5H2,1-2H3,(H,20,23)/t10-,12+,13-/m1/s1. The number of rotatable bonds is 3. The summed E-state index contributed by atoms with van der Waals surface area (Å²) in [6, 6.07) is 2.92. The summed E-state index contributed by atoms with van der Waals surface area (Å²) in [5.41, 5.74) is 1.22. The van der Waals surface area contributed by atoms with Crippen LogP contribution < -0.4 is 15.5 Å². The SMILES string of the molecule is CC(=O)N(C)c1csc2cnc(C(=O)N[C@@H]3C[C@H]4CC[C@@H]3N4)cc12. The minimum absolute atomic E-state index is 0.0365. The molecule has 2 aliphatic heterocycles. The highest BCUT2D eigenvalue weighted by Gasteiger charge is 2.39. The Morgan fingerprint density at radius 1 is 1.42 bits per heavy atom. The van der Waals surface area contributed by atoms with Crippen LogP contribution in [0.25, 0.3) is 10.1 Å². The van der Waals surface area contributed by atoms with Crippen LogP contribution >= 0.6 is 11.3 Å². The number of nitrogens with zero attached hydrogens (tertiary/aromatic N) is 2. The Balaban J connectivity index is 1.58. The van der Waals surface area contributed by atoms with Gasteiger partial charge in [-0.05, 0) is 25.3 Å². The Morgan fingerprint density at radius 3 is 2.92 bits per heavy atom. The topological polar surface area (TPSA) is 74.3 Å². The lowest BCUT2D eigenvalue weighted by Crippen LogP contribution is -2.43. The second-order valence-electron chi connectivity index (χ2n) is 6.63. The lowest BCUT2D eigenvalue weighted by molar-refractivity contribution is -0.116. The Bertz CT molecular complexity index is 818. The van der Waals surface area contributed by atoms with Crippen LogP contribution in [-0.4, -0.2) is 42.0 Å². The van der Waals surface area contributed by atoms with Crippen LogP contribution in [0.4, 0.5) is 5.69 Å². The maximum Gasteiger partial charge on any atom is 0.270 e. The fourth-order valence-corrected chi connectivity index (χ4v) is 4.63. The predicted molar refractivity (Wildman–Crippen MR) is 94.5 cm³/mol. The number of carbonyl (C=O) groups excluding carboxylic acids is 2. The molecule has 4 rings (SSSR count). The number of amides is 2. The zero-order valence-corrected chi connectivity index (χ0v) is 14.5. The molecule has 0 spiro atoms. The first-order valence-corrected chi connectivity index (χ1v) is 9.09. The summed E-state index contributed by atoms with van der Waals surface area (Å²) in [6.07, 6.45) is 5.04. The van der Waals surface area contributed by atoms with Gasteiger partial charge in [-0.15, -0.1) is 11.3 Å². The number of carbonyl (C=O) groups is 2. The van der Waals surface area contributed by atoms with E-state index in [9.17, 15) is 9.59 Å². The van der Waals surface area contributed by atoms with Gasteiger partial charge in [0, 0.05) is 49.1 Å². The molecule has 0 unspecified atom stereocenters. The number of nitrogens with one attached hydrogen (secondary N) is 2. The molecular weight excluding hydrogens is 324 g/mol. The smallest absolute Gasteiger partial charge is 0.270 e. The zero-order valence-electron chi connectivity index (χ0n) is 13.7. The molecule has 2 fully saturated rings. The van der Waals surface area contributed by atoms with Gasteiger partial charge >= 0.3 is 0 Å². The minimum atomic E-state index is -0.140. The molecule has 126 valence electrons. The quantitative estimate of drug-likeness (QED) is 0.892. The van der Waals surface area contributed by atoms with Crippen LogP contribution in [0.2, 0.25) is 0 Å². The molecule has 24 heavy (non-hydrogen) atoms. The van der Waals surface area contributed by atoms with E-state index in [0.717, 1.165) is 28.6 Å². The molecule has 2 saturated heterocycles. The lowest BCUT2D eigenvalue weighted by Gasteiger charge is -2.21. The van der Waals surface area contributed by atoms with Crippen molar-refractivity contribution in [1.29, 1.82) is 0 Å². The van der Waals surface area contributed by atoms with E-state index in [1.807, 2.05) is 5.38 Å². The first kappa shape index (κ1) is 15.5. The van der Waals surface area contributed by atoms with E-state index >= 15 is 0 Å². The number of hydrogen-bond acceptors (Lipinski definition) is 5. The summed E-state index contributed by atoms with van der Waals surface area (Å²) in [5.74, 6) is -0.176. The second-order valence-corrected chi connectivity index (χ2v) is 7.54. The van der Waals surface area contributed by atoms with Crippen molar-refractivity contribution in [3.63, 3.8) is 0 Å². The molecule has 2 aromatic heterocycles. The van der Waals surface area contributed by atoms with Crippen LogP contribution in [0.15, 0.2) is 17.6 Å². The number of hydrogen-bond donors (Lipinski definition) is 2. The highest BCUT2D eigenvalue weighted by molar-refractivity contribution is 7.17. The third kappa shape index (κ3) is 2.57. The molecule has 4 heterocycles. The molecular formula is C17H20N4O2S. The monoisotopic (exact) mass is 344 g/mol. The molecule has 0 aromatic carbocycles. The van der Waals surface area contributed by atoms with Gasteiger partial charge in [0.05, 0.1) is 10.4 Å². The van der Waals surface area contributed by atoms with E-state index in [0.29, 0.717) is 17.8 Å². The molecule has 2 amide bonds. The van der Waals surface area contributed by atoms with Gasteiger partial charge in [0.1, 0.15) is 5.69 Å². The maximum atomic E-state index is 12.6. The highest BCUT2D eigenvalue weighted by atomic mass is 32.1. The van der Waals surface area contributed by atoms with Gasteiger partial charge in [-0.2, -0.15) is 0 Å². The third-order valence-corrected chi connectivity index (χ3v) is 6.04. The second kappa shape index (κ2) is 5.82. The number of thiophene rings is 1. The van der Waals surface area contributed by atoms with Gasteiger partial charge in [0.15, 0.2) is 0 Å². The van der Waals surface area contributed by atoms with Gasteiger partial charge < -0.3 is 15.5 Å². The van der Waals surface area contributed by atoms with Gasteiger partial charge in [0.2, 0.25) is 5.91 Å². The van der Waals surface area contributed by atoms with Gasteiger partial charge in [-0.3, -0.25) is 9.59 Å². The Kier molecular flexibility index (Phi) is 3.77. The van der Waals surface area contributed by atoms with Gasteiger partial charge in [-0.25, -0.2) is 4.98 Å². The minimum Gasteiger partial charge on any atom is -0.346 e. The summed E-state index contributed by atoms with van der Waals surface area (Å²) in [6.45, 7) is 1.53. The number of anilines is 1. The largest absolute Gasteiger partial charge is 0.346 e. The van der Waals surface area contributed by atoms with Crippen molar-refractivity contribution < 1.29 is 9.59 Å². The van der Waals surface area contributed by atoms with E-state index in [2.05, 4.69) is 15.6 Å². The van der Waals surface area contributed by atoms with E-state index in [4.69, 9.17) is 0 Å². The average molecular weight is 344 g/mol. The number of pyridine rings is 1. The van der Waals surface area contributed by atoms with Gasteiger partial charge in [-0.1, -0.05) is 0 Å². The van der Waals surface area contributed by atoms with Crippen molar-refractivity contribution in [3.8, 4) is 0 Å². The molecule has 6 nitrogen and oxygen atoms in total. The predicted octanol–water partition coefficient (Wildman–Crippen LogP) is 1.90. The fraction of sp³-hybridized carbons (Fsp3) is 0.471. The zero-order chi connectivity index (χ0) is 16.8. The van der Waals surface area contributed by atoms with E-state index in [1.54, 1.807) is 24.2 Å². The van der Waals surface area contributed by atoms with Crippen LogP contribution in [0, 0.1) is 0 Å². The molecule has 0 radical (unpaired) electrons. The lowest BCUT2D eigenvalue weighted by atomic mass is 9.95. The fourth-order valence-electron chi connectivity index (χ4n) is 3.70. The number of fused-ring (bicyclic) bond motifs is 3. The van der Waals surface area contributed by atoms with Crippen molar-refractivity contribution in [2.75, 3.05) is 11.9 Å². The van der Waals surface area contributed by atoms with E-state index in [1.165, 1.54) is 24.7 Å². The third-order valence-electron chi connectivity index (χ3n) is 5.12. The molecule has 2 aliphatic rings. The Labute approximate surface area is 144 Å². The Hall–Kier alpha value is -1.99. The van der Waals surface area contributed by atoms with Crippen molar-refractivity contribution in [1.82, 2.24) is 15.6 Å². The van der Waals surface area contributed by atoms with Crippen molar-refractivity contribution in [3.05, 3.63) is 23.3 Å². The van der Waals surface area contributed by atoms with Crippen molar-refractivity contribution in [2.45, 2.75) is 44.3 Å². The van der Waals surface area contributed by atoms with Crippen LogP contribution in [0.5, 0.6) is 0 Å². The van der Waals surface area contributed by atoms with Crippen molar-refractivity contribution in [2.24, 2.45) is 0 Å². The molecule has 3 atom stereocenters. The summed E-state index contributed by atoms with van der Waals surface area (Å²) < 4.78 is 0.969. The first-order valence-electron chi connectivity index (χ1n) is 8.21. The molecule has 2 N–H and O–H groups in total. The first-order chi connectivity index (χ1) is 11.5. The van der Waals surface area contributed by atoms with Crippen LogP contribution in [0.1, 0.15) is 36.7 Å². The van der Waals surface area contributed by atoms with Crippen LogP contribution in [-0.2, 0) is 4.79 Å². The summed E-state index contributed by atoms with van der Waals surface area (Å²) in [4.78, 5) is 30.1.